The molecule has 3 heterocycles. The van der Waals surface area contributed by atoms with Gasteiger partial charge in [0.15, 0.2) is 5.60 Å². The second-order valence-corrected chi connectivity index (χ2v) is 4.47. The van der Waals surface area contributed by atoms with Crippen LogP contribution in [0.4, 0.5) is 5.69 Å². The van der Waals surface area contributed by atoms with Crippen molar-refractivity contribution in [1.29, 1.82) is 0 Å². The van der Waals surface area contributed by atoms with Crippen molar-refractivity contribution in [2.45, 2.75) is 12.5 Å². The molecule has 1 saturated heterocycles. The van der Waals surface area contributed by atoms with Crippen molar-refractivity contribution in [2.24, 2.45) is 0 Å². The number of fused-ring (bicyclic) bond motifs is 1. The molecule has 0 aliphatic carbocycles. The van der Waals surface area contributed by atoms with E-state index < -0.39 is 0 Å². The molecule has 1 aromatic heterocycles. The summed E-state index contributed by atoms with van der Waals surface area (Å²) in [6, 6.07) is 2.11. The summed E-state index contributed by atoms with van der Waals surface area (Å²) in [7, 11) is 2.07. The van der Waals surface area contributed by atoms with E-state index in [9.17, 15) is 0 Å². The van der Waals surface area contributed by atoms with Crippen molar-refractivity contribution in [2.75, 3.05) is 31.7 Å². The van der Waals surface area contributed by atoms with Crippen LogP contribution in [0.3, 0.4) is 0 Å². The van der Waals surface area contributed by atoms with Gasteiger partial charge in [0.05, 0.1) is 19.8 Å². The highest BCUT2D eigenvalue weighted by atomic mass is 16.6. The summed E-state index contributed by atoms with van der Waals surface area (Å²) < 4.78 is 11.1. The van der Waals surface area contributed by atoms with Crippen LogP contribution in [0.2, 0.25) is 0 Å². The third kappa shape index (κ3) is 1.28. The number of anilines is 1. The van der Waals surface area contributed by atoms with Gasteiger partial charge in [0.25, 0.3) is 0 Å². The monoisotopic (exact) mass is 206 g/mol. The predicted octanol–water partition coefficient (Wildman–Crippen LogP) is 0.988. The minimum Gasteiger partial charge on any atom is -0.463 e. The summed E-state index contributed by atoms with van der Waals surface area (Å²) in [6.45, 7) is 4.27. The number of pyridine rings is 1. The minimum absolute atomic E-state index is 0.149. The van der Waals surface area contributed by atoms with Crippen LogP contribution < -0.4 is 9.64 Å². The maximum absolute atomic E-state index is 5.90. The molecule has 80 valence electrons. The highest BCUT2D eigenvalue weighted by molar-refractivity contribution is 5.58. The Morgan fingerprint density at radius 3 is 2.93 bits per heavy atom. The average Bonchev–Trinajstić information content (AvgIpc) is 2.16. The normalized spacial score (nSPS) is 21.9. The molecule has 2 aliphatic rings. The van der Waals surface area contributed by atoms with E-state index in [1.807, 2.05) is 13.1 Å². The topological polar surface area (TPSA) is 34.6 Å². The molecule has 0 saturated carbocycles. The van der Waals surface area contributed by atoms with Gasteiger partial charge in [0.1, 0.15) is 5.69 Å². The molecule has 0 bridgehead atoms. The molecule has 4 nitrogen and oxygen atoms in total. The molecule has 0 amide bonds. The van der Waals surface area contributed by atoms with Crippen LogP contribution >= 0.6 is 0 Å². The molecular formula is C11H14N2O2. The van der Waals surface area contributed by atoms with Crippen LogP contribution in [0, 0.1) is 6.92 Å². The van der Waals surface area contributed by atoms with Gasteiger partial charge in [-0.05, 0) is 18.6 Å². The van der Waals surface area contributed by atoms with E-state index in [1.165, 1.54) is 0 Å². The van der Waals surface area contributed by atoms with Crippen molar-refractivity contribution in [3.63, 3.8) is 0 Å². The fourth-order valence-corrected chi connectivity index (χ4v) is 2.13. The first-order chi connectivity index (χ1) is 7.19. The highest BCUT2D eigenvalue weighted by Crippen LogP contribution is 2.37. The molecular weight excluding hydrogens is 192 g/mol. The van der Waals surface area contributed by atoms with Gasteiger partial charge in [-0.2, -0.15) is 0 Å². The lowest BCUT2D eigenvalue weighted by Crippen LogP contribution is -2.62. The molecule has 1 fully saturated rings. The first kappa shape index (κ1) is 8.97. The number of ether oxygens (including phenoxy) is 2. The summed E-state index contributed by atoms with van der Waals surface area (Å²) in [5.41, 5.74) is 2.09. The van der Waals surface area contributed by atoms with Crippen molar-refractivity contribution in [3.05, 3.63) is 17.8 Å². The van der Waals surface area contributed by atoms with Crippen molar-refractivity contribution in [3.8, 4) is 5.88 Å². The SMILES string of the molecule is Cc1cnc2c(c1)N(C)CC1(COC1)O2. The second kappa shape index (κ2) is 2.85. The van der Waals surface area contributed by atoms with E-state index in [2.05, 4.69) is 23.0 Å². The minimum atomic E-state index is -0.149. The third-order valence-corrected chi connectivity index (χ3v) is 2.95. The smallest absolute Gasteiger partial charge is 0.238 e. The fourth-order valence-electron chi connectivity index (χ4n) is 2.13. The molecule has 0 aromatic carbocycles. The first-order valence-corrected chi connectivity index (χ1v) is 5.13. The van der Waals surface area contributed by atoms with Gasteiger partial charge >= 0.3 is 0 Å². The van der Waals surface area contributed by atoms with Crippen LogP contribution in [0.25, 0.3) is 0 Å². The van der Waals surface area contributed by atoms with Crippen molar-refractivity contribution >= 4 is 5.69 Å². The number of hydrogen-bond donors (Lipinski definition) is 0. The van der Waals surface area contributed by atoms with E-state index >= 15 is 0 Å². The van der Waals surface area contributed by atoms with Gasteiger partial charge in [-0.15, -0.1) is 0 Å². The zero-order valence-electron chi connectivity index (χ0n) is 8.99. The lowest BCUT2D eigenvalue weighted by molar-refractivity contribution is -0.160. The summed E-state index contributed by atoms with van der Waals surface area (Å²) in [6.07, 6.45) is 1.84. The zero-order chi connectivity index (χ0) is 10.5. The first-order valence-electron chi connectivity index (χ1n) is 5.13. The van der Waals surface area contributed by atoms with Crippen LogP contribution in [0.1, 0.15) is 5.56 Å². The lowest BCUT2D eigenvalue weighted by Gasteiger charge is -2.47. The van der Waals surface area contributed by atoms with Gasteiger partial charge in [0.2, 0.25) is 5.88 Å². The number of likely N-dealkylation sites (N-methyl/N-ethyl adjacent to an activating group) is 1. The van der Waals surface area contributed by atoms with E-state index in [1.54, 1.807) is 0 Å². The maximum atomic E-state index is 5.90. The van der Waals surface area contributed by atoms with Gasteiger partial charge < -0.3 is 14.4 Å². The summed E-state index contributed by atoms with van der Waals surface area (Å²) in [5.74, 6) is 0.734. The summed E-state index contributed by atoms with van der Waals surface area (Å²) in [4.78, 5) is 6.52. The fraction of sp³-hybridized carbons (Fsp3) is 0.545. The number of aryl methyl sites for hydroxylation is 1. The molecule has 3 rings (SSSR count). The Bertz CT molecular complexity index is 402. The molecule has 0 unspecified atom stereocenters. The number of nitrogens with zero attached hydrogens (tertiary/aromatic N) is 2. The van der Waals surface area contributed by atoms with Crippen LogP contribution in [0.15, 0.2) is 12.3 Å². The second-order valence-electron chi connectivity index (χ2n) is 4.47. The predicted molar refractivity (Wildman–Crippen MR) is 56.4 cm³/mol. The third-order valence-electron chi connectivity index (χ3n) is 2.95. The molecule has 2 aliphatic heterocycles. The van der Waals surface area contributed by atoms with E-state index in [0.29, 0.717) is 13.2 Å². The van der Waals surface area contributed by atoms with E-state index in [4.69, 9.17) is 9.47 Å². The maximum Gasteiger partial charge on any atom is 0.238 e. The largest absolute Gasteiger partial charge is 0.463 e. The number of aromatic nitrogens is 1. The number of hydrogen-bond acceptors (Lipinski definition) is 4. The number of rotatable bonds is 0. The quantitative estimate of drug-likeness (QED) is 0.634. The van der Waals surface area contributed by atoms with Crippen molar-refractivity contribution < 1.29 is 9.47 Å². The Kier molecular flexibility index (Phi) is 1.71. The summed E-state index contributed by atoms with van der Waals surface area (Å²) >= 11 is 0. The molecule has 0 N–H and O–H groups in total. The van der Waals surface area contributed by atoms with Gasteiger partial charge in [-0.1, -0.05) is 0 Å². The van der Waals surface area contributed by atoms with Crippen LogP contribution in [-0.4, -0.2) is 37.4 Å². The molecule has 1 spiro atoms. The summed E-state index contributed by atoms with van der Waals surface area (Å²) in [5, 5.41) is 0. The van der Waals surface area contributed by atoms with E-state index in [-0.39, 0.29) is 5.60 Å². The Morgan fingerprint density at radius 1 is 1.47 bits per heavy atom. The molecule has 15 heavy (non-hydrogen) atoms. The lowest BCUT2D eigenvalue weighted by atomic mass is 9.99. The van der Waals surface area contributed by atoms with Crippen LogP contribution in [-0.2, 0) is 4.74 Å². The molecule has 0 radical (unpaired) electrons. The molecule has 4 heteroatoms. The zero-order valence-corrected chi connectivity index (χ0v) is 8.99. The standard InChI is InChI=1S/C11H14N2O2/c1-8-3-9-10(12-4-8)15-11(5-13(9)2)6-14-7-11/h3-4H,5-7H2,1-2H3. The molecule has 1 aromatic rings. The van der Waals surface area contributed by atoms with E-state index in [0.717, 1.165) is 23.7 Å². The highest BCUT2D eigenvalue weighted by Gasteiger charge is 2.46. The molecule has 0 atom stereocenters. The van der Waals surface area contributed by atoms with Gasteiger partial charge in [-0.3, -0.25) is 0 Å². The van der Waals surface area contributed by atoms with Gasteiger partial charge in [0, 0.05) is 13.2 Å². The van der Waals surface area contributed by atoms with Crippen LogP contribution in [0.5, 0.6) is 5.88 Å². The Balaban J connectivity index is 2.01. The van der Waals surface area contributed by atoms with Gasteiger partial charge in [-0.25, -0.2) is 4.98 Å². The Hall–Kier alpha value is -1.29. The Labute approximate surface area is 88.8 Å². The Morgan fingerprint density at radius 2 is 2.27 bits per heavy atom. The average molecular weight is 206 g/mol. The van der Waals surface area contributed by atoms with Crippen molar-refractivity contribution in [1.82, 2.24) is 4.98 Å².